The molecule has 18 heavy (non-hydrogen) atoms. The highest BCUT2D eigenvalue weighted by atomic mass is 16.5. The zero-order valence-electron chi connectivity index (χ0n) is 10.9. The van der Waals surface area contributed by atoms with Gasteiger partial charge in [0.25, 0.3) is 0 Å². The number of carbonyl (C=O) groups excluding carboxylic acids is 1. The van der Waals surface area contributed by atoms with Gasteiger partial charge in [-0.2, -0.15) is 0 Å². The van der Waals surface area contributed by atoms with Crippen LogP contribution in [0.25, 0.3) is 0 Å². The van der Waals surface area contributed by atoms with Crippen LogP contribution in [0.2, 0.25) is 0 Å². The Morgan fingerprint density at radius 1 is 1.50 bits per heavy atom. The van der Waals surface area contributed by atoms with Crippen molar-refractivity contribution in [3.05, 3.63) is 24.3 Å². The van der Waals surface area contributed by atoms with E-state index in [2.05, 4.69) is 17.6 Å². The highest BCUT2D eigenvalue weighted by Gasteiger charge is 2.09. The second kappa shape index (κ2) is 7.55. The van der Waals surface area contributed by atoms with E-state index in [4.69, 9.17) is 10.5 Å². The van der Waals surface area contributed by atoms with Crippen molar-refractivity contribution in [3.8, 4) is 5.75 Å². The Balaban J connectivity index is 2.52. The molecule has 5 heteroatoms. The van der Waals surface area contributed by atoms with Crippen LogP contribution in [0.3, 0.4) is 0 Å². The van der Waals surface area contributed by atoms with Crippen molar-refractivity contribution in [2.45, 2.75) is 25.8 Å². The Kier molecular flexibility index (Phi) is 6.00. The first kappa shape index (κ1) is 14.3. The number of benzene rings is 1. The fourth-order valence-electron chi connectivity index (χ4n) is 1.65. The van der Waals surface area contributed by atoms with Crippen LogP contribution >= 0.6 is 0 Å². The van der Waals surface area contributed by atoms with Crippen LogP contribution in [0.15, 0.2) is 24.3 Å². The van der Waals surface area contributed by atoms with Gasteiger partial charge in [0.15, 0.2) is 0 Å². The fourth-order valence-corrected chi connectivity index (χ4v) is 1.65. The summed E-state index contributed by atoms with van der Waals surface area (Å²) >= 11 is 0. The number of methoxy groups -OCH3 is 1. The maximum Gasteiger partial charge on any atom is 0.319 e. The molecule has 2 amide bonds. The summed E-state index contributed by atoms with van der Waals surface area (Å²) in [6, 6.07) is 6.98. The molecule has 5 nitrogen and oxygen atoms in total. The van der Waals surface area contributed by atoms with Gasteiger partial charge in [0.05, 0.1) is 7.11 Å². The van der Waals surface area contributed by atoms with Crippen LogP contribution in [0, 0.1) is 0 Å². The molecule has 0 fully saturated rings. The van der Waals surface area contributed by atoms with Crippen molar-refractivity contribution in [1.82, 2.24) is 5.32 Å². The van der Waals surface area contributed by atoms with Crippen LogP contribution in [-0.2, 0) is 0 Å². The lowest BCUT2D eigenvalue weighted by Crippen LogP contribution is -2.42. The van der Waals surface area contributed by atoms with E-state index in [-0.39, 0.29) is 12.1 Å². The number of hydrogen-bond acceptors (Lipinski definition) is 3. The second-order valence-corrected chi connectivity index (χ2v) is 4.05. The SMILES string of the molecule is CCCC(CN)NC(=O)Nc1cccc(OC)c1. The summed E-state index contributed by atoms with van der Waals surface area (Å²) in [5.74, 6) is 0.705. The van der Waals surface area contributed by atoms with Crippen LogP contribution < -0.4 is 21.1 Å². The quantitative estimate of drug-likeness (QED) is 0.723. The summed E-state index contributed by atoms with van der Waals surface area (Å²) in [4.78, 5) is 11.7. The predicted molar refractivity (Wildman–Crippen MR) is 72.9 cm³/mol. The smallest absolute Gasteiger partial charge is 0.319 e. The Morgan fingerprint density at radius 2 is 2.28 bits per heavy atom. The standard InChI is InChI=1S/C13H21N3O2/c1-3-5-11(9-14)16-13(17)15-10-6-4-7-12(8-10)18-2/h4,6-8,11H,3,5,9,14H2,1-2H3,(H2,15,16,17). The average Bonchev–Trinajstić information content (AvgIpc) is 2.38. The molecule has 1 unspecified atom stereocenters. The third-order valence-electron chi connectivity index (χ3n) is 2.58. The van der Waals surface area contributed by atoms with Gasteiger partial charge in [0.2, 0.25) is 0 Å². The first-order valence-corrected chi connectivity index (χ1v) is 6.11. The first-order valence-electron chi connectivity index (χ1n) is 6.11. The lowest BCUT2D eigenvalue weighted by atomic mass is 10.2. The van der Waals surface area contributed by atoms with Gasteiger partial charge >= 0.3 is 6.03 Å². The molecule has 0 radical (unpaired) electrons. The minimum absolute atomic E-state index is 0.0145. The lowest BCUT2D eigenvalue weighted by molar-refractivity contribution is 0.248. The molecule has 1 rings (SSSR count). The average molecular weight is 251 g/mol. The van der Waals surface area contributed by atoms with E-state index < -0.39 is 0 Å². The van der Waals surface area contributed by atoms with E-state index in [1.807, 2.05) is 12.1 Å². The molecule has 4 N–H and O–H groups in total. The van der Waals surface area contributed by atoms with Gasteiger partial charge in [0.1, 0.15) is 5.75 Å². The van der Waals surface area contributed by atoms with Crippen molar-refractivity contribution in [2.75, 3.05) is 19.0 Å². The molecule has 0 saturated carbocycles. The van der Waals surface area contributed by atoms with Crippen LogP contribution in [0.1, 0.15) is 19.8 Å². The molecule has 0 heterocycles. The molecule has 0 aliphatic heterocycles. The van der Waals surface area contributed by atoms with E-state index in [0.717, 1.165) is 12.8 Å². The minimum Gasteiger partial charge on any atom is -0.497 e. The van der Waals surface area contributed by atoms with Crippen molar-refractivity contribution in [2.24, 2.45) is 5.73 Å². The van der Waals surface area contributed by atoms with E-state index in [0.29, 0.717) is 18.0 Å². The summed E-state index contributed by atoms with van der Waals surface area (Å²) in [6.45, 7) is 2.50. The van der Waals surface area contributed by atoms with E-state index >= 15 is 0 Å². The van der Waals surface area contributed by atoms with Crippen LogP contribution in [-0.4, -0.2) is 25.7 Å². The lowest BCUT2D eigenvalue weighted by Gasteiger charge is -2.16. The van der Waals surface area contributed by atoms with Crippen molar-refractivity contribution in [3.63, 3.8) is 0 Å². The molecule has 0 aliphatic carbocycles. The Morgan fingerprint density at radius 3 is 2.89 bits per heavy atom. The summed E-state index contributed by atoms with van der Waals surface area (Å²) in [6.07, 6.45) is 1.86. The highest BCUT2D eigenvalue weighted by molar-refractivity contribution is 5.89. The maximum atomic E-state index is 11.7. The number of nitrogens with two attached hydrogens (primary N) is 1. The van der Waals surface area contributed by atoms with E-state index in [1.54, 1.807) is 19.2 Å². The van der Waals surface area contributed by atoms with Crippen molar-refractivity contribution in [1.29, 1.82) is 0 Å². The molecular weight excluding hydrogens is 230 g/mol. The van der Waals surface area contributed by atoms with Gasteiger partial charge < -0.3 is 21.1 Å². The number of ether oxygens (including phenoxy) is 1. The van der Waals surface area contributed by atoms with Gasteiger partial charge in [-0.1, -0.05) is 19.4 Å². The molecule has 0 saturated heterocycles. The number of carbonyl (C=O) groups is 1. The largest absolute Gasteiger partial charge is 0.497 e. The topological polar surface area (TPSA) is 76.4 Å². The molecule has 1 aromatic rings. The molecule has 0 aliphatic rings. The normalized spacial score (nSPS) is 11.7. The maximum absolute atomic E-state index is 11.7. The number of rotatable bonds is 6. The molecule has 0 aromatic heterocycles. The summed E-state index contributed by atoms with van der Waals surface area (Å²) < 4.78 is 5.09. The number of nitrogens with one attached hydrogen (secondary N) is 2. The monoisotopic (exact) mass is 251 g/mol. The zero-order chi connectivity index (χ0) is 13.4. The molecular formula is C13H21N3O2. The number of hydrogen-bond donors (Lipinski definition) is 3. The number of urea groups is 1. The van der Waals surface area contributed by atoms with Gasteiger partial charge in [-0.25, -0.2) is 4.79 Å². The summed E-state index contributed by atoms with van der Waals surface area (Å²) in [5, 5.41) is 5.59. The highest BCUT2D eigenvalue weighted by Crippen LogP contribution is 2.16. The molecule has 1 aromatic carbocycles. The molecule has 0 bridgehead atoms. The molecule has 100 valence electrons. The third-order valence-corrected chi connectivity index (χ3v) is 2.58. The fraction of sp³-hybridized carbons (Fsp3) is 0.462. The zero-order valence-corrected chi connectivity index (χ0v) is 10.9. The number of amides is 2. The minimum atomic E-state index is -0.243. The predicted octanol–water partition coefficient (Wildman–Crippen LogP) is 1.94. The van der Waals surface area contributed by atoms with E-state index in [9.17, 15) is 4.79 Å². The Hall–Kier alpha value is -1.75. The van der Waals surface area contributed by atoms with Crippen molar-refractivity contribution >= 4 is 11.7 Å². The molecule has 1 atom stereocenters. The summed E-state index contributed by atoms with van der Waals surface area (Å²) in [5.41, 5.74) is 6.28. The number of anilines is 1. The van der Waals surface area contributed by atoms with Crippen LogP contribution in [0.4, 0.5) is 10.5 Å². The summed E-state index contributed by atoms with van der Waals surface area (Å²) in [7, 11) is 1.59. The molecule has 0 spiro atoms. The van der Waals surface area contributed by atoms with Gasteiger partial charge in [-0.05, 0) is 18.6 Å². The second-order valence-electron chi connectivity index (χ2n) is 4.05. The van der Waals surface area contributed by atoms with Gasteiger partial charge in [-0.3, -0.25) is 0 Å². The van der Waals surface area contributed by atoms with Gasteiger partial charge in [-0.15, -0.1) is 0 Å². The Bertz CT molecular complexity index is 382. The van der Waals surface area contributed by atoms with Gasteiger partial charge in [0, 0.05) is 24.3 Å². The Labute approximate surface area is 108 Å². The first-order chi connectivity index (χ1) is 8.69. The van der Waals surface area contributed by atoms with E-state index in [1.165, 1.54) is 0 Å². The third kappa shape index (κ3) is 4.63. The van der Waals surface area contributed by atoms with Crippen LogP contribution in [0.5, 0.6) is 5.75 Å². The van der Waals surface area contributed by atoms with Crippen molar-refractivity contribution < 1.29 is 9.53 Å².